The first-order chi connectivity index (χ1) is 15.8. The van der Waals surface area contributed by atoms with Crippen LogP contribution in [0.2, 0.25) is 0 Å². The smallest absolute Gasteiger partial charge is 0.407 e. The summed E-state index contributed by atoms with van der Waals surface area (Å²) >= 11 is 0. The molecule has 7 nitrogen and oxygen atoms in total. The zero-order valence-corrected chi connectivity index (χ0v) is 19.3. The molecule has 0 radical (unpaired) electrons. The molecule has 0 saturated heterocycles. The minimum atomic E-state index is -0.959. The lowest BCUT2D eigenvalue weighted by atomic mass is 9.98. The number of alkyl carbamates (subject to hydrolysis) is 1. The third kappa shape index (κ3) is 6.12. The molecular weight excluding hydrogens is 420 g/mol. The first-order valence-electron chi connectivity index (χ1n) is 11.4. The number of ether oxygens (including phenoxy) is 1. The second-order valence-electron chi connectivity index (χ2n) is 8.80. The second-order valence-corrected chi connectivity index (χ2v) is 8.80. The molecule has 2 aromatic rings. The molecule has 33 heavy (non-hydrogen) atoms. The van der Waals surface area contributed by atoms with Crippen LogP contribution in [-0.4, -0.2) is 41.8 Å². The predicted octanol–water partition coefficient (Wildman–Crippen LogP) is 4.31. The van der Waals surface area contributed by atoms with Crippen LogP contribution in [0.1, 0.15) is 57.1 Å². The van der Waals surface area contributed by atoms with E-state index >= 15 is 0 Å². The molecule has 2 amide bonds. The fourth-order valence-corrected chi connectivity index (χ4v) is 4.24. The molecule has 0 saturated carbocycles. The minimum Gasteiger partial charge on any atom is -0.481 e. The highest BCUT2D eigenvalue weighted by Gasteiger charge is 2.29. The number of carbonyl (C=O) groups is 3. The van der Waals surface area contributed by atoms with Crippen LogP contribution < -0.4 is 10.6 Å². The van der Waals surface area contributed by atoms with E-state index in [0.29, 0.717) is 6.42 Å². The Morgan fingerprint density at radius 1 is 0.939 bits per heavy atom. The Bertz CT molecular complexity index is 958. The first kappa shape index (κ1) is 24.3. The number of aliphatic carboxylic acids is 1. The highest BCUT2D eigenvalue weighted by Crippen LogP contribution is 2.44. The Balaban J connectivity index is 1.59. The van der Waals surface area contributed by atoms with E-state index in [1.165, 1.54) is 0 Å². The number of rotatable bonds is 10. The van der Waals surface area contributed by atoms with Gasteiger partial charge in [0.25, 0.3) is 0 Å². The Labute approximate surface area is 194 Å². The molecule has 1 aliphatic carbocycles. The van der Waals surface area contributed by atoms with E-state index in [4.69, 9.17) is 9.84 Å². The van der Waals surface area contributed by atoms with Gasteiger partial charge in [-0.15, -0.1) is 0 Å². The topological polar surface area (TPSA) is 105 Å². The lowest BCUT2D eigenvalue weighted by molar-refractivity contribution is -0.137. The maximum atomic E-state index is 12.6. The SMILES string of the molecule is CC[C@H](CC(=O)O)NC(=O)CC(NC(=O)OCC1c2ccccc2-c2ccccc21)C(C)C. The van der Waals surface area contributed by atoms with Crippen molar-refractivity contribution in [3.8, 4) is 11.1 Å². The number of carboxylic acid groups (broad SMARTS) is 1. The van der Waals surface area contributed by atoms with E-state index in [1.54, 1.807) is 0 Å². The van der Waals surface area contributed by atoms with Crippen molar-refractivity contribution in [1.29, 1.82) is 0 Å². The van der Waals surface area contributed by atoms with Gasteiger partial charge in [-0.25, -0.2) is 4.79 Å². The molecule has 3 rings (SSSR count). The van der Waals surface area contributed by atoms with Gasteiger partial charge in [0.15, 0.2) is 0 Å². The molecule has 0 aliphatic heterocycles. The third-order valence-electron chi connectivity index (χ3n) is 6.14. The van der Waals surface area contributed by atoms with Gasteiger partial charge in [0.1, 0.15) is 6.61 Å². The van der Waals surface area contributed by atoms with E-state index in [1.807, 2.05) is 45.0 Å². The molecule has 0 bridgehead atoms. The monoisotopic (exact) mass is 452 g/mol. The summed E-state index contributed by atoms with van der Waals surface area (Å²) in [5.41, 5.74) is 4.59. The summed E-state index contributed by atoms with van der Waals surface area (Å²) in [5.74, 6) is -1.29. The molecule has 3 N–H and O–H groups in total. The lowest BCUT2D eigenvalue weighted by Gasteiger charge is -2.24. The third-order valence-corrected chi connectivity index (χ3v) is 6.14. The highest BCUT2D eigenvalue weighted by molar-refractivity contribution is 5.80. The first-order valence-corrected chi connectivity index (χ1v) is 11.4. The van der Waals surface area contributed by atoms with Crippen molar-refractivity contribution in [2.24, 2.45) is 5.92 Å². The average molecular weight is 453 g/mol. The van der Waals surface area contributed by atoms with Crippen molar-refractivity contribution in [1.82, 2.24) is 10.6 Å². The fraction of sp³-hybridized carbons (Fsp3) is 0.423. The van der Waals surface area contributed by atoms with Gasteiger partial charge in [0, 0.05) is 24.4 Å². The fourth-order valence-electron chi connectivity index (χ4n) is 4.24. The molecule has 7 heteroatoms. The van der Waals surface area contributed by atoms with Crippen LogP contribution in [0.15, 0.2) is 48.5 Å². The van der Waals surface area contributed by atoms with Crippen LogP contribution in [0, 0.1) is 5.92 Å². The minimum absolute atomic E-state index is 0.00390. The number of fused-ring (bicyclic) bond motifs is 3. The van der Waals surface area contributed by atoms with Gasteiger partial charge >= 0.3 is 12.1 Å². The van der Waals surface area contributed by atoms with Crippen molar-refractivity contribution in [2.75, 3.05) is 6.61 Å². The number of amides is 2. The number of nitrogens with one attached hydrogen (secondary N) is 2. The van der Waals surface area contributed by atoms with Crippen LogP contribution in [-0.2, 0) is 14.3 Å². The largest absolute Gasteiger partial charge is 0.481 e. The van der Waals surface area contributed by atoms with Crippen LogP contribution in [0.5, 0.6) is 0 Å². The molecular formula is C26H32N2O5. The van der Waals surface area contributed by atoms with Crippen molar-refractivity contribution in [3.05, 3.63) is 59.7 Å². The van der Waals surface area contributed by atoms with Gasteiger partial charge in [0.2, 0.25) is 5.91 Å². The lowest BCUT2D eigenvalue weighted by Crippen LogP contribution is -2.45. The van der Waals surface area contributed by atoms with E-state index in [9.17, 15) is 14.4 Å². The van der Waals surface area contributed by atoms with E-state index in [2.05, 4.69) is 34.9 Å². The summed E-state index contributed by atoms with van der Waals surface area (Å²) in [6.45, 7) is 5.85. The Morgan fingerprint density at radius 2 is 1.52 bits per heavy atom. The average Bonchev–Trinajstić information content (AvgIpc) is 3.10. The number of carbonyl (C=O) groups excluding carboxylic acids is 2. The maximum absolute atomic E-state index is 12.6. The Kier molecular flexibility index (Phi) is 8.09. The Morgan fingerprint density at radius 3 is 2.03 bits per heavy atom. The van der Waals surface area contributed by atoms with Gasteiger partial charge in [-0.1, -0.05) is 69.3 Å². The molecule has 0 fully saturated rings. The van der Waals surface area contributed by atoms with Crippen molar-refractivity contribution in [3.63, 3.8) is 0 Å². The summed E-state index contributed by atoms with van der Waals surface area (Å²) in [6.07, 6.45) is -0.128. The highest BCUT2D eigenvalue weighted by atomic mass is 16.5. The molecule has 0 heterocycles. The van der Waals surface area contributed by atoms with Gasteiger partial charge in [0.05, 0.1) is 6.42 Å². The number of benzene rings is 2. The van der Waals surface area contributed by atoms with Gasteiger partial charge in [-0.3, -0.25) is 9.59 Å². The molecule has 2 aromatic carbocycles. The summed E-state index contributed by atoms with van der Waals surface area (Å²) in [5, 5.41) is 14.5. The van der Waals surface area contributed by atoms with Gasteiger partial charge in [-0.2, -0.15) is 0 Å². The maximum Gasteiger partial charge on any atom is 0.407 e. The van der Waals surface area contributed by atoms with Crippen molar-refractivity contribution in [2.45, 2.75) is 58.0 Å². The molecule has 0 aromatic heterocycles. The van der Waals surface area contributed by atoms with Crippen LogP contribution in [0.3, 0.4) is 0 Å². The standard InChI is InChI=1S/C26H32N2O5/c1-4-17(13-25(30)31)27-24(29)14-23(16(2)3)28-26(32)33-15-22-20-11-7-5-9-18(20)19-10-6-8-12-21(19)22/h5-12,16-17,22-23H,4,13-15H2,1-3H3,(H,27,29)(H,28,32)(H,30,31)/t17-,23?/m1/s1. The van der Waals surface area contributed by atoms with Crippen molar-refractivity contribution >= 4 is 18.0 Å². The quantitative estimate of drug-likeness (QED) is 0.498. The zero-order valence-electron chi connectivity index (χ0n) is 19.3. The summed E-state index contributed by atoms with van der Waals surface area (Å²) < 4.78 is 5.60. The van der Waals surface area contributed by atoms with E-state index in [-0.39, 0.29) is 37.2 Å². The number of hydrogen-bond acceptors (Lipinski definition) is 4. The molecule has 0 spiro atoms. The molecule has 1 unspecified atom stereocenters. The summed E-state index contributed by atoms with van der Waals surface area (Å²) in [6, 6.07) is 15.4. The summed E-state index contributed by atoms with van der Waals surface area (Å²) in [4.78, 5) is 36.0. The van der Waals surface area contributed by atoms with Crippen LogP contribution in [0.25, 0.3) is 11.1 Å². The van der Waals surface area contributed by atoms with Crippen LogP contribution >= 0.6 is 0 Å². The predicted molar refractivity (Wildman–Crippen MR) is 126 cm³/mol. The van der Waals surface area contributed by atoms with E-state index in [0.717, 1.165) is 22.3 Å². The van der Waals surface area contributed by atoms with Crippen molar-refractivity contribution < 1.29 is 24.2 Å². The Hall–Kier alpha value is -3.35. The van der Waals surface area contributed by atoms with Gasteiger partial charge < -0.3 is 20.5 Å². The van der Waals surface area contributed by atoms with Crippen LogP contribution in [0.4, 0.5) is 4.79 Å². The summed E-state index contributed by atoms with van der Waals surface area (Å²) in [7, 11) is 0. The second kappa shape index (κ2) is 11.0. The van der Waals surface area contributed by atoms with E-state index < -0.39 is 24.1 Å². The van der Waals surface area contributed by atoms with Gasteiger partial charge in [-0.05, 0) is 34.6 Å². The normalized spacial score (nSPS) is 14.2. The number of hydrogen-bond donors (Lipinski definition) is 3. The molecule has 1 aliphatic rings. The zero-order chi connectivity index (χ0) is 24.0. The molecule has 2 atom stereocenters. The molecule has 176 valence electrons. The number of carboxylic acids is 1.